The van der Waals surface area contributed by atoms with Gasteiger partial charge in [-0.3, -0.25) is 10.1 Å². The first-order valence-corrected chi connectivity index (χ1v) is 11.6. The summed E-state index contributed by atoms with van der Waals surface area (Å²) in [5, 5.41) is 15.4. The Morgan fingerprint density at radius 1 is 1.03 bits per heavy atom. The zero-order valence-corrected chi connectivity index (χ0v) is 19.0. The van der Waals surface area contributed by atoms with Crippen molar-refractivity contribution in [1.29, 1.82) is 0 Å². The van der Waals surface area contributed by atoms with Crippen LogP contribution in [-0.4, -0.2) is 14.5 Å². The molecule has 3 aromatic carbocycles. The fraction of sp³-hybridized carbons (Fsp3) is 0.0800. The zero-order chi connectivity index (χ0) is 22.8. The van der Waals surface area contributed by atoms with Crippen LogP contribution in [0.3, 0.4) is 0 Å². The van der Waals surface area contributed by atoms with Crippen molar-refractivity contribution in [1.82, 2.24) is 9.55 Å². The summed E-state index contributed by atoms with van der Waals surface area (Å²) in [6, 6.07) is 22.4. The van der Waals surface area contributed by atoms with Gasteiger partial charge in [0.1, 0.15) is 5.69 Å². The van der Waals surface area contributed by atoms with Gasteiger partial charge in [-0.2, -0.15) is 0 Å². The Balaban J connectivity index is 1.60. The van der Waals surface area contributed by atoms with E-state index in [4.69, 9.17) is 16.6 Å². The first-order valence-electron chi connectivity index (χ1n) is 10.4. The Morgan fingerprint density at radius 3 is 2.61 bits per heavy atom. The first kappa shape index (κ1) is 21.2. The molecule has 0 saturated heterocycles. The summed E-state index contributed by atoms with van der Waals surface area (Å²) in [6.45, 7) is 0.669. The van der Waals surface area contributed by atoms with E-state index in [1.807, 2.05) is 48.0 Å². The molecule has 0 aliphatic carbocycles. The van der Waals surface area contributed by atoms with E-state index in [1.54, 1.807) is 18.2 Å². The maximum Gasteiger partial charge on any atom is 0.294 e. The molecule has 0 spiro atoms. The number of aromatic amines is 1. The normalized spacial score (nSPS) is 11.8. The molecule has 0 atom stereocenters. The number of hydrogen-bond donors (Lipinski definition) is 1. The van der Waals surface area contributed by atoms with Crippen molar-refractivity contribution in [2.75, 3.05) is 0 Å². The summed E-state index contributed by atoms with van der Waals surface area (Å²) < 4.78 is 2.12. The summed E-state index contributed by atoms with van der Waals surface area (Å²) >= 11 is 7.56. The van der Waals surface area contributed by atoms with Crippen molar-refractivity contribution in [2.24, 2.45) is 4.99 Å². The molecule has 164 valence electrons. The molecule has 5 aromatic rings. The molecule has 6 nitrogen and oxygen atoms in total. The van der Waals surface area contributed by atoms with Gasteiger partial charge in [-0.05, 0) is 41.8 Å². The SMILES string of the molecule is O=[N+]([O-])c1ccccc1N=c1scc(-c2ccc(Cl)cc2)n1CCc1c[nH]c2ccccc12. The van der Waals surface area contributed by atoms with Crippen LogP contribution >= 0.6 is 22.9 Å². The van der Waals surface area contributed by atoms with Gasteiger partial charge in [0.15, 0.2) is 4.80 Å². The Morgan fingerprint density at radius 2 is 1.79 bits per heavy atom. The van der Waals surface area contributed by atoms with E-state index >= 15 is 0 Å². The Labute approximate surface area is 198 Å². The molecule has 2 heterocycles. The van der Waals surface area contributed by atoms with Crippen molar-refractivity contribution in [3.63, 3.8) is 0 Å². The number of nitro benzene ring substituents is 1. The van der Waals surface area contributed by atoms with Crippen molar-refractivity contribution >= 4 is 45.2 Å². The molecule has 33 heavy (non-hydrogen) atoms. The average molecular weight is 475 g/mol. The number of halogens is 1. The van der Waals surface area contributed by atoms with E-state index < -0.39 is 4.92 Å². The fourth-order valence-corrected chi connectivity index (χ4v) is 4.95. The molecular formula is C25H19ClN4O2S. The van der Waals surface area contributed by atoms with Crippen molar-refractivity contribution in [2.45, 2.75) is 13.0 Å². The third-order valence-electron chi connectivity index (χ3n) is 5.51. The number of nitro groups is 1. The number of nitrogens with one attached hydrogen (secondary N) is 1. The standard InChI is InChI=1S/C25H19ClN4O2S/c26-19-11-9-17(10-12-19)24-16-33-25(28-22-7-3-4-8-23(22)30(31)32)29(24)14-13-18-15-27-21-6-2-1-5-20(18)21/h1-12,15-16,27H,13-14H2. The van der Waals surface area contributed by atoms with Crippen LogP contribution in [0.2, 0.25) is 5.02 Å². The van der Waals surface area contributed by atoms with Gasteiger partial charge in [-0.1, -0.05) is 54.1 Å². The van der Waals surface area contributed by atoms with E-state index in [0.717, 1.165) is 23.2 Å². The summed E-state index contributed by atoms with van der Waals surface area (Å²) in [5.74, 6) is 0. The Kier molecular flexibility index (Phi) is 5.81. The van der Waals surface area contributed by atoms with E-state index in [-0.39, 0.29) is 5.69 Å². The van der Waals surface area contributed by atoms with Crippen LogP contribution in [0.1, 0.15) is 5.56 Å². The van der Waals surface area contributed by atoms with Gasteiger partial charge in [0, 0.05) is 40.1 Å². The van der Waals surface area contributed by atoms with Crippen molar-refractivity contribution < 1.29 is 4.92 Å². The van der Waals surface area contributed by atoms with Crippen molar-refractivity contribution in [3.05, 3.63) is 110 Å². The lowest BCUT2D eigenvalue weighted by atomic mass is 10.1. The smallest absolute Gasteiger partial charge is 0.294 e. The highest BCUT2D eigenvalue weighted by Gasteiger charge is 2.14. The van der Waals surface area contributed by atoms with Crippen LogP contribution in [-0.2, 0) is 13.0 Å². The molecule has 5 rings (SSSR count). The van der Waals surface area contributed by atoms with Gasteiger partial charge in [-0.25, -0.2) is 4.99 Å². The number of H-pyrrole nitrogens is 1. The van der Waals surface area contributed by atoms with E-state index in [0.29, 0.717) is 22.1 Å². The molecule has 2 aromatic heterocycles. The number of benzene rings is 3. The summed E-state index contributed by atoms with van der Waals surface area (Å²) in [6.07, 6.45) is 2.82. The lowest BCUT2D eigenvalue weighted by molar-refractivity contribution is -0.384. The third kappa shape index (κ3) is 4.33. The van der Waals surface area contributed by atoms with Gasteiger partial charge in [0.2, 0.25) is 0 Å². The summed E-state index contributed by atoms with van der Waals surface area (Å²) in [4.78, 5) is 19.8. The second kappa shape index (κ2) is 9.05. The van der Waals surface area contributed by atoms with Crippen LogP contribution in [0.5, 0.6) is 0 Å². The maximum absolute atomic E-state index is 11.5. The van der Waals surface area contributed by atoms with Gasteiger partial charge in [0.05, 0.1) is 10.6 Å². The van der Waals surface area contributed by atoms with Gasteiger partial charge < -0.3 is 9.55 Å². The van der Waals surface area contributed by atoms with E-state index in [9.17, 15) is 10.1 Å². The molecule has 0 unspecified atom stereocenters. The lowest BCUT2D eigenvalue weighted by Gasteiger charge is -2.09. The molecule has 0 amide bonds. The minimum atomic E-state index is -0.400. The molecule has 1 N–H and O–H groups in total. The number of thiazole rings is 1. The predicted molar refractivity (Wildman–Crippen MR) is 133 cm³/mol. The highest BCUT2D eigenvalue weighted by molar-refractivity contribution is 7.07. The average Bonchev–Trinajstić information content (AvgIpc) is 3.42. The number of hydrogen-bond acceptors (Lipinski definition) is 4. The van der Waals surface area contributed by atoms with Gasteiger partial charge in [-0.15, -0.1) is 11.3 Å². The molecule has 8 heteroatoms. The van der Waals surface area contributed by atoms with E-state index in [2.05, 4.69) is 21.7 Å². The lowest BCUT2D eigenvalue weighted by Crippen LogP contribution is -2.17. The Bertz CT molecular complexity index is 1520. The van der Waals surface area contributed by atoms with Crippen LogP contribution in [0.15, 0.2) is 89.4 Å². The van der Waals surface area contributed by atoms with Crippen LogP contribution < -0.4 is 4.80 Å². The van der Waals surface area contributed by atoms with Crippen LogP contribution in [0.25, 0.3) is 22.2 Å². The fourth-order valence-electron chi connectivity index (χ4n) is 3.87. The Hall–Kier alpha value is -3.68. The minimum absolute atomic E-state index is 0.0119. The zero-order valence-electron chi connectivity index (χ0n) is 17.4. The van der Waals surface area contributed by atoms with Gasteiger partial charge >= 0.3 is 0 Å². The highest BCUT2D eigenvalue weighted by atomic mass is 35.5. The maximum atomic E-state index is 11.5. The quantitative estimate of drug-likeness (QED) is 0.218. The summed E-state index contributed by atoms with van der Waals surface area (Å²) in [5.41, 5.74) is 4.65. The number of nitrogens with zero attached hydrogens (tertiary/aromatic N) is 3. The van der Waals surface area contributed by atoms with Gasteiger partial charge in [0.25, 0.3) is 5.69 Å². The van der Waals surface area contributed by atoms with E-state index in [1.165, 1.54) is 28.4 Å². The molecule has 0 fully saturated rings. The first-order chi connectivity index (χ1) is 16.1. The number of rotatable bonds is 6. The molecule has 0 aliphatic rings. The minimum Gasteiger partial charge on any atom is -0.361 e. The van der Waals surface area contributed by atoms with Crippen molar-refractivity contribution in [3.8, 4) is 11.3 Å². The predicted octanol–water partition coefficient (Wildman–Crippen LogP) is 6.73. The second-order valence-electron chi connectivity index (χ2n) is 7.53. The molecular weight excluding hydrogens is 456 g/mol. The largest absolute Gasteiger partial charge is 0.361 e. The van der Waals surface area contributed by atoms with Crippen LogP contribution in [0.4, 0.5) is 11.4 Å². The topological polar surface area (TPSA) is 76.2 Å². The number of aromatic nitrogens is 2. The molecule has 0 saturated carbocycles. The number of fused-ring (bicyclic) bond motifs is 1. The summed E-state index contributed by atoms with van der Waals surface area (Å²) in [7, 11) is 0. The molecule has 0 aliphatic heterocycles. The third-order valence-corrected chi connectivity index (χ3v) is 6.63. The second-order valence-corrected chi connectivity index (χ2v) is 8.80. The molecule has 0 radical (unpaired) electrons. The highest BCUT2D eigenvalue weighted by Crippen LogP contribution is 2.28. The number of para-hydroxylation sites is 3. The number of aryl methyl sites for hydroxylation is 1. The monoisotopic (exact) mass is 474 g/mol. The van der Waals surface area contributed by atoms with Crippen LogP contribution in [0, 0.1) is 10.1 Å². The molecule has 0 bridgehead atoms.